The van der Waals surface area contributed by atoms with Crippen molar-refractivity contribution in [2.75, 3.05) is 33.4 Å². The quantitative estimate of drug-likeness (QED) is 0.867. The summed E-state index contributed by atoms with van der Waals surface area (Å²) in [6, 6.07) is 13.3. The minimum Gasteiger partial charge on any atom is -0.497 e. The van der Waals surface area contributed by atoms with Crippen molar-refractivity contribution in [1.29, 1.82) is 0 Å². The van der Waals surface area contributed by atoms with Crippen LogP contribution in [0.3, 0.4) is 0 Å². The monoisotopic (exact) mass is 312 g/mol. The predicted molar refractivity (Wildman–Crippen MR) is 86.5 cm³/mol. The molecule has 1 unspecified atom stereocenters. The molecule has 5 nitrogen and oxygen atoms in total. The number of carbonyl (C=O) groups excluding carboxylic acids is 1. The molecule has 1 saturated heterocycles. The van der Waals surface area contributed by atoms with Crippen LogP contribution in [-0.4, -0.2) is 49.2 Å². The van der Waals surface area contributed by atoms with E-state index in [1.165, 1.54) is 0 Å². The number of nitrogens with zero attached hydrogens (tertiary/aromatic N) is 2. The van der Waals surface area contributed by atoms with Crippen LogP contribution in [0.25, 0.3) is 0 Å². The molecule has 1 atom stereocenters. The Morgan fingerprint density at radius 1 is 1.17 bits per heavy atom. The first kappa shape index (κ1) is 15.5. The highest BCUT2D eigenvalue weighted by atomic mass is 16.5. The van der Waals surface area contributed by atoms with E-state index in [1.54, 1.807) is 13.3 Å². The molecule has 1 aromatic heterocycles. The first-order valence-corrected chi connectivity index (χ1v) is 7.71. The molecule has 0 aliphatic carbocycles. The summed E-state index contributed by atoms with van der Waals surface area (Å²) in [6.45, 7) is 2.42. The molecule has 0 spiro atoms. The van der Waals surface area contributed by atoms with Crippen molar-refractivity contribution in [3.63, 3.8) is 0 Å². The van der Waals surface area contributed by atoms with Crippen molar-refractivity contribution in [2.45, 2.75) is 5.92 Å². The van der Waals surface area contributed by atoms with Gasteiger partial charge in [0.2, 0.25) is 5.91 Å². The highest BCUT2D eigenvalue weighted by Crippen LogP contribution is 2.27. The third kappa shape index (κ3) is 3.51. The summed E-state index contributed by atoms with van der Waals surface area (Å²) < 4.78 is 10.5. The van der Waals surface area contributed by atoms with Gasteiger partial charge in [0.25, 0.3) is 0 Å². The summed E-state index contributed by atoms with van der Waals surface area (Å²) in [5, 5.41) is 0. The Morgan fingerprint density at radius 3 is 2.52 bits per heavy atom. The number of hydrogen-bond donors (Lipinski definition) is 0. The fraction of sp³-hybridized carbons (Fsp3) is 0.333. The number of amides is 1. The molecule has 0 saturated carbocycles. The van der Waals surface area contributed by atoms with Gasteiger partial charge in [-0.3, -0.25) is 9.78 Å². The van der Waals surface area contributed by atoms with E-state index in [0.717, 1.165) is 17.0 Å². The van der Waals surface area contributed by atoms with Crippen LogP contribution in [0.4, 0.5) is 0 Å². The third-order valence-corrected chi connectivity index (χ3v) is 4.00. The second-order valence-corrected chi connectivity index (χ2v) is 5.40. The molecule has 1 fully saturated rings. The zero-order valence-corrected chi connectivity index (χ0v) is 13.1. The van der Waals surface area contributed by atoms with Gasteiger partial charge in [0.1, 0.15) is 11.7 Å². The number of benzene rings is 1. The topological polar surface area (TPSA) is 51.7 Å². The van der Waals surface area contributed by atoms with Gasteiger partial charge in [-0.1, -0.05) is 18.2 Å². The summed E-state index contributed by atoms with van der Waals surface area (Å²) in [7, 11) is 1.63. The van der Waals surface area contributed by atoms with Crippen molar-refractivity contribution in [3.8, 4) is 5.75 Å². The second kappa shape index (κ2) is 7.24. The number of methoxy groups -OCH3 is 1. The first-order chi connectivity index (χ1) is 11.3. The standard InChI is InChI=1S/C18H20N2O3/c1-22-15-7-5-14(6-8-15)17(16-4-2-3-9-19-16)18(21)20-10-12-23-13-11-20/h2-9,17H,10-13H2,1H3. The highest BCUT2D eigenvalue weighted by Gasteiger charge is 2.29. The van der Waals surface area contributed by atoms with Gasteiger partial charge in [-0.05, 0) is 29.8 Å². The van der Waals surface area contributed by atoms with E-state index < -0.39 is 5.92 Å². The summed E-state index contributed by atoms with van der Waals surface area (Å²) in [5.41, 5.74) is 1.68. The van der Waals surface area contributed by atoms with Crippen molar-refractivity contribution in [3.05, 3.63) is 59.9 Å². The number of hydrogen-bond acceptors (Lipinski definition) is 4. The number of ether oxygens (including phenoxy) is 2. The molecule has 0 radical (unpaired) electrons. The lowest BCUT2D eigenvalue weighted by atomic mass is 9.93. The van der Waals surface area contributed by atoms with E-state index in [-0.39, 0.29) is 5.91 Å². The van der Waals surface area contributed by atoms with E-state index in [2.05, 4.69) is 4.98 Å². The van der Waals surface area contributed by atoms with Gasteiger partial charge in [-0.2, -0.15) is 0 Å². The van der Waals surface area contributed by atoms with Gasteiger partial charge in [0, 0.05) is 19.3 Å². The number of aromatic nitrogens is 1. The molecule has 2 aromatic rings. The molecule has 3 rings (SSSR count). The molecule has 1 aliphatic heterocycles. The number of carbonyl (C=O) groups is 1. The minimum absolute atomic E-state index is 0.0668. The highest BCUT2D eigenvalue weighted by molar-refractivity contribution is 5.86. The van der Waals surface area contributed by atoms with Gasteiger partial charge in [0.05, 0.1) is 26.0 Å². The molecule has 1 amide bonds. The molecule has 2 heterocycles. The van der Waals surface area contributed by atoms with E-state index in [1.807, 2.05) is 47.4 Å². The zero-order valence-electron chi connectivity index (χ0n) is 13.1. The van der Waals surface area contributed by atoms with Crippen LogP contribution in [-0.2, 0) is 9.53 Å². The van der Waals surface area contributed by atoms with Gasteiger partial charge >= 0.3 is 0 Å². The minimum atomic E-state index is -0.403. The van der Waals surface area contributed by atoms with E-state index >= 15 is 0 Å². The maximum absolute atomic E-state index is 13.1. The van der Waals surface area contributed by atoms with Crippen LogP contribution < -0.4 is 4.74 Å². The predicted octanol–water partition coefficient (Wildman–Crippen LogP) is 2.08. The lowest BCUT2D eigenvalue weighted by Crippen LogP contribution is -2.43. The van der Waals surface area contributed by atoms with Gasteiger partial charge in [-0.15, -0.1) is 0 Å². The Hall–Kier alpha value is -2.40. The zero-order chi connectivity index (χ0) is 16.1. The van der Waals surface area contributed by atoms with E-state index in [9.17, 15) is 4.79 Å². The molecule has 1 aromatic carbocycles. The average molecular weight is 312 g/mol. The lowest BCUT2D eigenvalue weighted by molar-refractivity contribution is -0.136. The fourth-order valence-corrected chi connectivity index (χ4v) is 2.75. The number of rotatable bonds is 4. The Morgan fingerprint density at radius 2 is 1.91 bits per heavy atom. The summed E-state index contributed by atoms with van der Waals surface area (Å²) in [5.74, 6) is 0.435. The Balaban J connectivity index is 1.94. The van der Waals surface area contributed by atoms with Crippen molar-refractivity contribution in [2.24, 2.45) is 0 Å². The number of pyridine rings is 1. The van der Waals surface area contributed by atoms with Gasteiger partial charge in [-0.25, -0.2) is 0 Å². The molecule has 1 aliphatic rings. The molecular weight excluding hydrogens is 292 g/mol. The molecule has 120 valence electrons. The Bertz CT molecular complexity index is 637. The van der Waals surface area contributed by atoms with Crippen molar-refractivity contribution in [1.82, 2.24) is 9.88 Å². The maximum atomic E-state index is 13.1. The van der Waals surface area contributed by atoms with Crippen LogP contribution in [0, 0.1) is 0 Å². The Labute approximate surface area is 135 Å². The summed E-state index contributed by atoms with van der Waals surface area (Å²) >= 11 is 0. The van der Waals surface area contributed by atoms with Gasteiger partial charge in [0.15, 0.2) is 0 Å². The van der Waals surface area contributed by atoms with Crippen molar-refractivity contribution >= 4 is 5.91 Å². The van der Waals surface area contributed by atoms with Crippen LogP contribution in [0.5, 0.6) is 5.75 Å². The second-order valence-electron chi connectivity index (χ2n) is 5.40. The SMILES string of the molecule is COc1ccc(C(C(=O)N2CCOCC2)c2ccccn2)cc1. The third-order valence-electron chi connectivity index (χ3n) is 4.00. The van der Waals surface area contributed by atoms with Gasteiger partial charge < -0.3 is 14.4 Å². The lowest BCUT2D eigenvalue weighted by Gasteiger charge is -2.30. The van der Waals surface area contributed by atoms with Crippen LogP contribution in [0.1, 0.15) is 17.2 Å². The van der Waals surface area contributed by atoms with Crippen LogP contribution in [0.2, 0.25) is 0 Å². The Kier molecular flexibility index (Phi) is 4.88. The summed E-state index contributed by atoms with van der Waals surface area (Å²) in [4.78, 5) is 19.3. The molecule has 0 bridgehead atoms. The van der Waals surface area contributed by atoms with Crippen LogP contribution >= 0.6 is 0 Å². The summed E-state index contributed by atoms with van der Waals surface area (Å²) in [6.07, 6.45) is 1.72. The first-order valence-electron chi connectivity index (χ1n) is 7.71. The maximum Gasteiger partial charge on any atom is 0.236 e. The molecular formula is C18H20N2O3. The van der Waals surface area contributed by atoms with Crippen LogP contribution in [0.15, 0.2) is 48.7 Å². The average Bonchev–Trinajstić information content (AvgIpc) is 2.64. The molecule has 0 N–H and O–H groups in total. The molecule has 23 heavy (non-hydrogen) atoms. The van der Waals surface area contributed by atoms with E-state index in [4.69, 9.17) is 9.47 Å². The molecule has 5 heteroatoms. The largest absolute Gasteiger partial charge is 0.497 e. The number of morpholine rings is 1. The van der Waals surface area contributed by atoms with Crippen molar-refractivity contribution < 1.29 is 14.3 Å². The fourth-order valence-electron chi connectivity index (χ4n) is 2.75. The normalized spacial score (nSPS) is 16.0. The van der Waals surface area contributed by atoms with E-state index in [0.29, 0.717) is 26.3 Å². The smallest absolute Gasteiger partial charge is 0.236 e.